The molecular weight excluding hydrogens is 240 g/mol. The summed E-state index contributed by atoms with van der Waals surface area (Å²) in [4.78, 5) is 0. The second-order valence-corrected chi connectivity index (χ2v) is 4.51. The second-order valence-electron chi connectivity index (χ2n) is 4.10. The highest BCUT2D eigenvalue weighted by atomic mass is 32.1. The molecule has 0 aliphatic heterocycles. The van der Waals surface area contributed by atoms with Crippen LogP contribution in [0.4, 0.5) is 5.69 Å². The first-order valence-electron chi connectivity index (χ1n) is 5.93. The van der Waals surface area contributed by atoms with E-state index >= 15 is 0 Å². The van der Waals surface area contributed by atoms with Gasteiger partial charge in [-0.25, -0.2) is 0 Å². The highest BCUT2D eigenvalue weighted by Crippen LogP contribution is 2.12. The lowest BCUT2D eigenvalue weighted by atomic mass is 10.1. The van der Waals surface area contributed by atoms with Crippen molar-refractivity contribution in [1.82, 2.24) is 5.32 Å². The molecule has 2 nitrogen and oxygen atoms in total. The Labute approximate surface area is 113 Å². The lowest BCUT2D eigenvalue weighted by Crippen LogP contribution is -2.30. The summed E-state index contributed by atoms with van der Waals surface area (Å²) >= 11 is 5.29. The summed E-state index contributed by atoms with van der Waals surface area (Å²) in [6, 6.07) is 20.3. The summed E-state index contributed by atoms with van der Waals surface area (Å²) in [6.07, 6.45) is 0. The Balaban J connectivity index is 1.92. The van der Waals surface area contributed by atoms with Gasteiger partial charge in [-0.1, -0.05) is 48.5 Å². The monoisotopic (exact) mass is 256 g/mol. The van der Waals surface area contributed by atoms with Crippen molar-refractivity contribution in [3.05, 3.63) is 66.2 Å². The topological polar surface area (TPSA) is 24.1 Å². The number of hydrogen-bond donors (Lipinski definition) is 2. The van der Waals surface area contributed by atoms with Crippen LogP contribution < -0.4 is 10.6 Å². The van der Waals surface area contributed by atoms with Gasteiger partial charge in [0.2, 0.25) is 0 Å². The summed E-state index contributed by atoms with van der Waals surface area (Å²) in [5.74, 6) is 0. The summed E-state index contributed by atoms with van der Waals surface area (Å²) in [6.45, 7) is 2.09. The van der Waals surface area contributed by atoms with Crippen molar-refractivity contribution < 1.29 is 0 Å². The van der Waals surface area contributed by atoms with E-state index < -0.39 is 0 Å². The van der Waals surface area contributed by atoms with E-state index in [2.05, 4.69) is 29.7 Å². The van der Waals surface area contributed by atoms with Gasteiger partial charge in [0.05, 0.1) is 6.04 Å². The maximum absolute atomic E-state index is 5.29. The summed E-state index contributed by atoms with van der Waals surface area (Å²) in [5.41, 5.74) is 2.21. The highest BCUT2D eigenvalue weighted by Gasteiger charge is 2.05. The van der Waals surface area contributed by atoms with Crippen molar-refractivity contribution in [3.63, 3.8) is 0 Å². The molecule has 0 saturated heterocycles. The molecule has 1 unspecified atom stereocenters. The minimum absolute atomic E-state index is 0.190. The average molecular weight is 256 g/mol. The molecule has 0 spiro atoms. The first-order valence-corrected chi connectivity index (χ1v) is 6.34. The predicted molar refractivity (Wildman–Crippen MR) is 80.7 cm³/mol. The SMILES string of the molecule is CC(NC(=S)Nc1ccccc1)c1ccccc1. The van der Waals surface area contributed by atoms with Crippen LogP contribution >= 0.6 is 12.2 Å². The number of para-hydroxylation sites is 1. The van der Waals surface area contributed by atoms with Crippen LogP contribution in [0.3, 0.4) is 0 Å². The third-order valence-corrected chi connectivity index (χ3v) is 2.90. The molecule has 0 fully saturated rings. The number of thiocarbonyl (C=S) groups is 1. The number of anilines is 1. The largest absolute Gasteiger partial charge is 0.356 e. The molecule has 0 aromatic heterocycles. The molecule has 2 aromatic rings. The van der Waals surface area contributed by atoms with E-state index in [0.717, 1.165) is 5.69 Å². The van der Waals surface area contributed by atoms with Gasteiger partial charge in [0.25, 0.3) is 0 Å². The standard InChI is InChI=1S/C15H16N2S/c1-12(13-8-4-2-5-9-13)16-15(18)17-14-10-6-3-7-11-14/h2-12H,1H3,(H2,16,17,18). The van der Waals surface area contributed by atoms with E-state index in [1.54, 1.807) is 0 Å². The normalized spacial score (nSPS) is 11.6. The Morgan fingerprint density at radius 3 is 2.11 bits per heavy atom. The molecule has 3 heteroatoms. The Kier molecular flexibility index (Phi) is 4.31. The van der Waals surface area contributed by atoms with Gasteiger partial charge in [-0.3, -0.25) is 0 Å². The van der Waals surface area contributed by atoms with Gasteiger partial charge in [0, 0.05) is 5.69 Å². The van der Waals surface area contributed by atoms with E-state index in [1.807, 2.05) is 48.5 Å². The fourth-order valence-corrected chi connectivity index (χ4v) is 2.00. The molecule has 0 bridgehead atoms. The molecule has 0 radical (unpaired) electrons. The zero-order chi connectivity index (χ0) is 12.8. The molecule has 0 aliphatic rings. The molecule has 18 heavy (non-hydrogen) atoms. The van der Waals surface area contributed by atoms with E-state index in [9.17, 15) is 0 Å². The summed E-state index contributed by atoms with van der Waals surface area (Å²) in [7, 11) is 0. The van der Waals surface area contributed by atoms with Crippen LogP contribution in [0.25, 0.3) is 0 Å². The molecule has 2 N–H and O–H groups in total. The van der Waals surface area contributed by atoms with Crippen LogP contribution in [-0.2, 0) is 0 Å². The molecular formula is C15H16N2S. The molecule has 0 aliphatic carbocycles. The molecule has 1 atom stereocenters. The lowest BCUT2D eigenvalue weighted by Gasteiger charge is -2.17. The molecule has 0 amide bonds. The first kappa shape index (κ1) is 12.6. The maximum atomic E-state index is 5.29. The van der Waals surface area contributed by atoms with Crippen molar-refractivity contribution in [2.45, 2.75) is 13.0 Å². The zero-order valence-electron chi connectivity index (χ0n) is 10.3. The van der Waals surface area contributed by atoms with Gasteiger partial charge < -0.3 is 10.6 Å². The van der Waals surface area contributed by atoms with Crippen molar-refractivity contribution in [3.8, 4) is 0 Å². The zero-order valence-corrected chi connectivity index (χ0v) is 11.1. The molecule has 2 aromatic carbocycles. The van der Waals surface area contributed by atoms with Gasteiger partial charge >= 0.3 is 0 Å². The van der Waals surface area contributed by atoms with E-state index in [0.29, 0.717) is 5.11 Å². The van der Waals surface area contributed by atoms with Crippen LogP contribution in [0.5, 0.6) is 0 Å². The number of hydrogen-bond acceptors (Lipinski definition) is 1. The van der Waals surface area contributed by atoms with Crippen LogP contribution in [0.2, 0.25) is 0 Å². The van der Waals surface area contributed by atoms with Gasteiger partial charge in [-0.2, -0.15) is 0 Å². The minimum atomic E-state index is 0.190. The van der Waals surface area contributed by atoms with Crippen LogP contribution in [0.15, 0.2) is 60.7 Å². The maximum Gasteiger partial charge on any atom is 0.171 e. The van der Waals surface area contributed by atoms with Crippen LogP contribution in [0.1, 0.15) is 18.5 Å². The molecule has 2 rings (SSSR count). The second kappa shape index (κ2) is 6.17. The van der Waals surface area contributed by atoms with Gasteiger partial charge in [0.1, 0.15) is 0 Å². The van der Waals surface area contributed by atoms with Crippen molar-refractivity contribution >= 4 is 23.0 Å². The van der Waals surface area contributed by atoms with Crippen molar-refractivity contribution in [2.75, 3.05) is 5.32 Å². The summed E-state index contributed by atoms with van der Waals surface area (Å²) in [5, 5.41) is 7.06. The lowest BCUT2D eigenvalue weighted by molar-refractivity contribution is 0.722. The Morgan fingerprint density at radius 1 is 0.944 bits per heavy atom. The number of nitrogens with one attached hydrogen (secondary N) is 2. The average Bonchev–Trinajstić information content (AvgIpc) is 2.40. The predicted octanol–water partition coefficient (Wildman–Crippen LogP) is 3.73. The quantitative estimate of drug-likeness (QED) is 0.818. The van der Waals surface area contributed by atoms with E-state index in [4.69, 9.17) is 12.2 Å². The highest BCUT2D eigenvalue weighted by molar-refractivity contribution is 7.80. The third-order valence-electron chi connectivity index (χ3n) is 2.68. The van der Waals surface area contributed by atoms with Crippen LogP contribution in [0, 0.1) is 0 Å². The van der Waals surface area contributed by atoms with E-state index in [-0.39, 0.29) is 6.04 Å². The van der Waals surface area contributed by atoms with Gasteiger partial charge in [-0.05, 0) is 36.8 Å². The molecule has 92 valence electrons. The molecule has 0 heterocycles. The fraction of sp³-hybridized carbons (Fsp3) is 0.133. The minimum Gasteiger partial charge on any atom is -0.356 e. The fourth-order valence-electron chi connectivity index (χ4n) is 1.71. The molecule has 0 saturated carbocycles. The smallest absolute Gasteiger partial charge is 0.171 e. The Bertz CT molecular complexity index is 496. The Morgan fingerprint density at radius 2 is 1.50 bits per heavy atom. The van der Waals surface area contributed by atoms with Crippen LogP contribution in [-0.4, -0.2) is 5.11 Å². The Hall–Kier alpha value is -1.87. The number of rotatable bonds is 3. The van der Waals surface area contributed by atoms with E-state index in [1.165, 1.54) is 5.56 Å². The van der Waals surface area contributed by atoms with Gasteiger partial charge in [0.15, 0.2) is 5.11 Å². The van der Waals surface area contributed by atoms with Crippen molar-refractivity contribution in [2.24, 2.45) is 0 Å². The first-order chi connectivity index (χ1) is 8.75. The van der Waals surface area contributed by atoms with Crippen molar-refractivity contribution in [1.29, 1.82) is 0 Å². The summed E-state index contributed by atoms with van der Waals surface area (Å²) < 4.78 is 0. The third kappa shape index (κ3) is 3.57. The van der Waals surface area contributed by atoms with Gasteiger partial charge in [-0.15, -0.1) is 0 Å². The number of benzene rings is 2.